The number of methoxy groups -OCH3 is 1. The van der Waals surface area contributed by atoms with Crippen LogP contribution in [-0.4, -0.2) is 24.5 Å². The van der Waals surface area contributed by atoms with E-state index in [9.17, 15) is 4.79 Å². The Morgan fingerprint density at radius 3 is 2.75 bits per heavy atom. The molecule has 1 fully saturated rings. The summed E-state index contributed by atoms with van der Waals surface area (Å²) in [6.45, 7) is 0.838. The predicted molar refractivity (Wildman–Crippen MR) is 96.5 cm³/mol. The van der Waals surface area contributed by atoms with E-state index in [1.54, 1.807) is 7.11 Å². The number of carbonyl (C=O) groups excluding carboxylic acids is 1. The van der Waals surface area contributed by atoms with Crippen molar-refractivity contribution in [1.82, 2.24) is 4.90 Å². The Balaban J connectivity index is 1.64. The van der Waals surface area contributed by atoms with Gasteiger partial charge in [0, 0.05) is 18.0 Å². The van der Waals surface area contributed by atoms with Gasteiger partial charge in [-0.1, -0.05) is 35.9 Å². The average Bonchev–Trinajstić information content (AvgIpc) is 3.09. The fraction of sp³-hybridized carbons (Fsp3) is 0.350. The number of carbonyl (C=O) groups is 1. The van der Waals surface area contributed by atoms with E-state index in [-0.39, 0.29) is 11.9 Å². The van der Waals surface area contributed by atoms with E-state index >= 15 is 0 Å². The average molecular weight is 344 g/mol. The molecule has 126 valence electrons. The highest BCUT2D eigenvalue weighted by atomic mass is 35.5. The van der Waals surface area contributed by atoms with E-state index in [1.807, 2.05) is 41.3 Å². The molecule has 0 radical (unpaired) electrons. The number of likely N-dealkylation sites (tertiary alicyclic amines) is 1. The first-order valence-corrected chi connectivity index (χ1v) is 8.73. The lowest BCUT2D eigenvalue weighted by Crippen LogP contribution is -2.30. The minimum Gasteiger partial charge on any atom is -0.497 e. The molecule has 1 atom stereocenters. The Bertz CT molecular complexity index is 699. The maximum atomic E-state index is 12.7. The van der Waals surface area contributed by atoms with Gasteiger partial charge in [-0.25, -0.2) is 0 Å². The summed E-state index contributed by atoms with van der Waals surface area (Å²) in [6, 6.07) is 16.0. The smallest absolute Gasteiger partial charge is 0.223 e. The Morgan fingerprint density at radius 2 is 2.04 bits per heavy atom. The van der Waals surface area contributed by atoms with Gasteiger partial charge in [-0.05, 0) is 54.7 Å². The lowest BCUT2D eigenvalue weighted by Gasteiger charge is -2.25. The summed E-state index contributed by atoms with van der Waals surface area (Å²) in [7, 11) is 1.66. The van der Waals surface area contributed by atoms with Crippen LogP contribution in [0, 0.1) is 0 Å². The highest BCUT2D eigenvalue weighted by Gasteiger charge is 2.29. The molecule has 0 aliphatic carbocycles. The van der Waals surface area contributed by atoms with E-state index in [0.29, 0.717) is 6.42 Å². The molecule has 0 bridgehead atoms. The molecule has 1 heterocycles. The summed E-state index contributed by atoms with van der Waals surface area (Å²) in [5, 5.41) is 0.720. The van der Waals surface area contributed by atoms with Crippen molar-refractivity contribution in [3.05, 3.63) is 64.7 Å². The fourth-order valence-corrected chi connectivity index (χ4v) is 3.54. The van der Waals surface area contributed by atoms with Gasteiger partial charge < -0.3 is 9.64 Å². The molecule has 2 aromatic rings. The second-order valence-corrected chi connectivity index (χ2v) is 6.58. The molecule has 0 spiro atoms. The van der Waals surface area contributed by atoms with E-state index < -0.39 is 0 Å². The van der Waals surface area contributed by atoms with Gasteiger partial charge in [-0.15, -0.1) is 0 Å². The van der Waals surface area contributed by atoms with Crippen LogP contribution in [0.4, 0.5) is 0 Å². The number of rotatable bonds is 5. The van der Waals surface area contributed by atoms with Crippen LogP contribution in [0.15, 0.2) is 48.5 Å². The molecule has 1 saturated heterocycles. The molecule has 3 nitrogen and oxygen atoms in total. The molecule has 1 unspecified atom stereocenters. The molecular weight excluding hydrogens is 322 g/mol. The molecule has 3 rings (SSSR count). The number of nitrogens with zero attached hydrogens (tertiary/aromatic N) is 1. The van der Waals surface area contributed by atoms with Crippen molar-refractivity contribution in [2.45, 2.75) is 31.7 Å². The number of amides is 1. The summed E-state index contributed by atoms with van der Waals surface area (Å²) in [6.07, 6.45) is 3.33. The first-order valence-electron chi connectivity index (χ1n) is 8.35. The molecule has 0 aromatic heterocycles. The lowest BCUT2D eigenvalue weighted by molar-refractivity contribution is -0.132. The van der Waals surface area contributed by atoms with Crippen LogP contribution >= 0.6 is 11.6 Å². The number of ether oxygens (including phenoxy) is 1. The normalized spacial score (nSPS) is 17.1. The Morgan fingerprint density at radius 1 is 1.25 bits per heavy atom. The molecule has 0 saturated carbocycles. The maximum Gasteiger partial charge on any atom is 0.223 e. The van der Waals surface area contributed by atoms with Crippen LogP contribution in [0.3, 0.4) is 0 Å². The van der Waals surface area contributed by atoms with E-state index in [4.69, 9.17) is 16.3 Å². The van der Waals surface area contributed by atoms with Crippen LogP contribution in [0.2, 0.25) is 5.02 Å². The minimum atomic E-state index is 0.183. The van der Waals surface area contributed by atoms with Gasteiger partial charge in [0.15, 0.2) is 0 Å². The third kappa shape index (κ3) is 3.90. The number of aryl methyl sites for hydroxylation is 1. The molecule has 4 heteroatoms. The van der Waals surface area contributed by atoms with Crippen molar-refractivity contribution in [3.8, 4) is 5.75 Å². The maximum absolute atomic E-state index is 12.7. The molecule has 1 amide bonds. The minimum absolute atomic E-state index is 0.183. The third-order valence-corrected chi connectivity index (χ3v) is 4.83. The lowest BCUT2D eigenvalue weighted by atomic mass is 10.0. The van der Waals surface area contributed by atoms with Crippen molar-refractivity contribution in [3.63, 3.8) is 0 Å². The quantitative estimate of drug-likeness (QED) is 0.791. The van der Waals surface area contributed by atoms with Crippen LogP contribution in [0.1, 0.15) is 36.4 Å². The zero-order chi connectivity index (χ0) is 16.9. The topological polar surface area (TPSA) is 29.5 Å². The van der Waals surface area contributed by atoms with Crippen molar-refractivity contribution >= 4 is 17.5 Å². The highest BCUT2D eigenvalue weighted by molar-refractivity contribution is 6.30. The second-order valence-electron chi connectivity index (χ2n) is 6.15. The molecule has 1 aliphatic rings. The number of benzene rings is 2. The first kappa shape index (κ1) is 16.8. The Hall–Kier alpha value is -2.00. The summed E-state index contributed by atoms with van der Waals surface area (Å²) >= 11 is 6.01. The zero-order valence-electron chi connectivity index (χ0n) is 13.9. The molecule has 0 N–H and O–H groups in total. The van der Waals surface area contributed by atoms with Crippen LogP contribution in [0.5, 0.6) is 5.75 Å². The number of hydrogen-bond acceptors (Lipinski definition) is 2. The van der Waals surface area contributed by atoms with Crippen LogP contribution < -0.4 is 4.74 Å². The van der Waals surface area contributed by atoms with Crippen molar-refractivity contribution in [1.29, 1.82) is 0 Å². The summed E-state index contributed by atoms with van der Waals surface area (Å²) in [5.41, 5.74) is 2.29. The van der Waals surface area contributed by atoms with Gasteiger partial charge in [0.1, 0.15) is 5.75 Å². The van der Waals surface area contributed by atoms with Crippen molar-refractivity contribution in [2.24, 2.45) is 0 Å². The molecular formula is C20H22ClNO2. The third-order valence-electron chi connectivity index (χ3n) is 4.59. The summed E-state index contributed by atoms with van der Waals surface area (Å²) in [4.78, 5) is 14.7. The molecule has 24 heavy (non-hydrogen) atoms. The summed E-state index contributed by atoms with van der Waals surface area (Å²) < 4.78 is 5.21. The predicted octanol–water partition coefficient (Wildman–Crippen LogP) is 4.64. The van der Waals surface area contributed by atoms with Crippen molar-refractivity contribution < 1.29 is 9.53 Å². The fourth-order valence-electron chi connectivity index (χ4n) is 3.33. The number of halogens is 1. The van der Waals surface area contributed by atoms with Crippen LogP contribution in [-0.2, 0) is 11.2 Å². The van der Waals surface area contributed by atoms with Gasteiger partial charge in [0.2, 0.25) is 5.91 Å². The Kier molecular flexibility index (Phi) is 5.41. The van der Waals surface area contributed by atoms with Crippen LogP contribution in [0.25, 0.3) is 0 Å². The molecule has 1 aliphatic heterocycles. The van der Waals surface area contributed by atoms with E-state index in [0.717, 1.165) is 42.1 Å². The highest BCUT2D eigenvalue weighted by Crippen LogP contribution is 2.33. The van der Waals surface area contributed by atoms with Gasteiger partial charge in [-0.2, -0.15) is 0 Å². The van der Waals surface area contributed by atoms with Crippen molar-refractivity contribution in [2.75, 3.05) is 13.7 Å². The monoisotopic (exact) mass is 343 g/mol. The largest absolute Gasteiger partial charge is 0.497 e. The number of hydrogen-bond donors (Lipinski definition) is 0. The zero-order valence-corrected chi connectivity index (χ0v) is 14.6. The standard InChI is InChI=1S/C20H22ClNO2/c1-24-18-10-8-16(9-11-18)19-6-3-13-22(19)20(23)12-7-15-4-2-5-17(21)14-15/h2,4-5,8-11,14,19H,3,6-7,12-13H2,1H3. The van der Waals surface area contributed by atoms with Gasteiger partial charge in [0.25, 0.3) is 0 Å². The van der Waals surface area contributed by atoms with Gasteiger partial charge in [0.05, 0.1) is 13.2 Å². The van der Waals surface area contributed by atoms with E-state index in [1.165, 1.54) is 5.56 Å². The first-order chi connectivity index (χ1) is 11.7. The van der Waals surface area contributed by atoms with Gasteiger partial charge >= 0.3 is 0 Å². The Labute approximate surface area is 148 Å². The van der Waals surface area contributed by atoms with Gasteiger partial charge in [-0.3, -0.25) is 4.79 Å². The van der Waals surface area contributed by atoms with E-state index in [2.05, 4.69) is 12.1 Å². The summed E-state index contributed by atoms with van der Waals surface area (Å²) in [5.74, 6) is 1.06. The molecule has 2 aromatic carbocycles. The SMILES string of the molecule is COc1ccc(C2CCCN2C(=O)CCc2cccc(Cl)c2)cc1. The second kappa shape index (κ2) is 7.71.